The van der Waals surface area contributed by atoms with Crippen molar-refractivity contribution in [1.82, 2.24) is 0 Å². The zero-order valence-corrected chi connectivity index (χ0v) is 26.8. The summed E-state index contributed by atoms with van der Waals surface area (Å²) in [4.78, 5) is 0. The highest BCUT2D eigenvalue weighted by molar-refractivity contribution is 6.29. The van der Waals surface area contributed by atoms with Crippen LogP contribution in [0.1, 0.15) is 0 Å². The Morgan fingerprint density at radius 1 is 0.240 bits per heavy atom. The van der Waals surface area contributed by atoms with Crippen LogP contribution in [0.25, 0.3) is 120 Å². The van der Waals surface area contributed by atoms with Gasteiger partial charge in [-0.2, -0.15) is 0 Å². The van der Waals surface area contributed by atoms with Gasteiger partial charge in [0.05, 0.1) is 0 Å². The second kappa shape index (κ2) is 9.49. The Labute approximate surface area is 285 Å². The molecule has 10 aromatic carbocycles. The molecule has 2 heteroatoms. The maximum atomic E-state index is 7.09. The molecule has 230 valence electrons. The molecule has 0 spiro atoms. The number of hydrogen-bond donors (Lipinski definition) is 0. The zero-order chi connectivity index (χ0) is 32.5. The van der Waals surface area contributed by atoms with Gasteiger partial charge in [-0.05, 0) is 77.8 Å². The van der Waals surface area contributed by atoms with E-state index in [0.29, 0.717) is 0 Å². The molecular weight excluding hydrogens is 609 g/mol. The normalized spacial score (nSPS) is 12.4. The summed E-state index contributed by atoms with van der Waals surface area (Å²) < 4.78 is 13.8. The summed E-state index contributed by atoms with van der Waals surface area (Å²) in [7, 11) is 0. The highest BCUT2D eigenvalue weighted by Crippen LogP contribution is 2.48. The van der Waals surface area contributed by atoms with Crippen LogP contribution in [0.3, 0.4) is 0 Å². The fourth-order valence-electron chi connectivity index (χ4n) is 8.79. The lowest BCUT2D eigenvalue weighted by atomic mass is 9.87. The van der Waals surface area contributed by atoms with E-state index < -0.39 is 0 Å². The van der Waals surface area contributed by atoms with Gasteiger partial charge in [-0.1, -0.05) is 140 Å². The maximum absolute atomic E-state index is 7.09. The first kappa shape index (κ1) is 26.3. The van der Waals surface area contributed by atoms with Gasteiger partial charge in [0.15, 0.2) is 0 Å². The Hall–Kier alpha value is -6.64. The average Bonchev–Trinajstić information content (AvgIpc) is 3.77. The predicted molar refractivity (Wildman–Crippen MR) is 211 cm³/mol. The molecule has 0 bridgehead atoms. The Morgan fingerprint density at radius 3 is 1.68 bits per heavy atom. The minimum absolute atomic E-state index is 0.873. The molecule has 2 nitrogen and oxygen atoms in total. The third kappa shape index (κ3) is 3.37. The molecule has 12 aromatic rings. The minimum Gasteiger partial charge on any atom is -0.455 e. The van der Waals surface area contributed by atoms with Gasteiger partial charge in [0.1, 0.15) is 22.3 Å². The van der Waals surface area contributed by atoms with Gasteiger partial charge in [-0.3, -0.25) is 0 Å². The van der Waals surface area contributed by atoms with Gasteiger partial charge in [0.25, 0.3) is 0 Å². The Kier molecular flexibility index (Phi) is 5.00. The molecule has 0 unspecified atom stereocenters. The van der Waals surface area contributed by atoms with E-state index in [-0.39, 0.29) is 0 Å². The summed E-state index contributed by atoms with van der Waals surface area (Å²) in [5, 5.41) is 16.9. The van der Waals surface area contributed by atoms with E-state index in [9.17, 15) is 0 Å². The summed E-state index contributed by atoms with van der Waals surface area (Å²) in [5.74, 6) is 0. The third-order valence-corrected chi connectivity index (χ3v) is 11.0. The number of para-hydroxylation sites is 1. The third-order valence-electron chi connectivity index (χ3n) is 11.0. The van der Waals surface area contributed by atoms with Crippen LogP contribution in [-0.2, 0) is 0 Å². The molecule has 0 radical (unpaired) electrons. The number of fused-ring (bicyclic) bond motifs is 10. The number of rotatable bonds is 2. The number of hydrogen-bond acceptors (Lipinski definition) is 2. The van der Waals surface area contributed by atoms with Gasteiger partial charge >= 0.3 is 0 Å². The fourth-order valence-corrected chi connectivity index (χ4v) is 8.79. The van der Waals surface area contributed by atoms with Gasteiger partial charge in [-0.25, -0.2) is 0 Å². The van der Waals surface area contributed by atoms with Crippen molar-refractivity contribution in [3.63, 3.8) is 0 Å². The molecule has 0 amide bonds. The van der Waals surface area contributed by atoms with Crippen molar-refractivity contribution in [1.29, 1.82) is 0 Å². The van der Waals surface area contributed by atoms with Crippen molar-refractivity contribution < 1.29 is 8.83 Å². The standard InChI is InChI=1S/C48H26O2/c1-3-11-32-27(7-1)20-26-41-44(32)39-14-6-13-37(47(39)49-41)38-25-24-36(45-40-23-17-28-8-2-4-12-33(28)46(40)50-48(38)45)34-21-18-31-16-15-29-9-5-10-30-19-22-35(34)43(31)42(29)30/h1-26H. The molecule has 0 saturated carbocycles. The molecule has 0 aliphatic heterocycles. The van der Waals surface area contributed by atoms with Crippen molar-refractivity contribution in [3.05, 3.63) is 158 Å². The van der Waals surface area contributed by atoms with Crippen LogP contribution < -0.4 is 0 Å². The largest absolute Gasteiger partial charge is 0.455 e. The lowest BCUT2D eigenvalue weighted by molar-refractivity contribution is 0.666. The number of furan rings is 2. The van der Waals surface area contributed by atoms with Gasteiger partial charge in [0, 0.05) is 38.1 Å². The lowest BCUT2D eigenvalue weighted by Crippen LogP contribution is -1.89. The van der Waals surface area contributed by atoms with E-state index in [1.165, 1.54) is 54.2 Å². The smallest absolute Gasteiger partial charge is 0.144 e. The van der Waals surface area contributed by atoms with Gasteiger partial charge < -0.3 is 8.83 Å². The van der Waals surface area contributed by atoms with Crippen molar-refractivity contribution in [3.8, 4) is 22.3 Å². The van der Waals surface area contributed by atoms with Crippen molar-refractivity contribution in [2.24, 2.45) is 0 Å². The molecule has 12 rings (SSSR count). The number of benzene rings is 10. The van der Waals surface area contributed by atoms with Crippen LogP contribution in [0.5, 0.6) is 0 Å². The molecule has 0 N–H and O–H groups in total. The minimum atomic E-state index is 0.873. The lowest BCUT2D eigenvalue weighted by Gasteiger charge is -2.15. The second-order valence-corrected chi connectivity index (χ2v) is 13.5. The quantitative estimate of drug-likeness (QED) is 0.177. The zero-order valence-electron chi connectivity index (χ0n) is 26.8. The SMILES string of the molecule is c1ccc2c(c1)ccc1c2oc2c(-c3cccc4c3oc3ccc5ccccc5c34)ccc(-c3ccc4ccc5cccc6ccc3c4c56)c21. The van der Waals surface area contributed by atoms with E-state index in [0.717, 1.165) is 65.8 Å². The summed E-state index contributed by atoms with van der Waals surface area (Å²) in [6.45, 7) is 0. The highest BCUT2D eigenvalue weighted by atomic mass is 16.3. The van der Waals surface area contributed by atoms with Crippen molar-refractivity contribution in [2.75, 3.05) is 0 Å². The Bertz CT molecular complexity index is 3360. The van der Waals surface area contributed by atoms with Crippen LogP contribution in [-0.4, -0.2) is 0 Å². The van der Waals surface area contributed by atoms with Crippen LogP contribution >= 0.6 is 0 Å². The van der Waals surface area contributed by atoms with Crippen molar-refractivity contribution in [2.45, 2.75) is 0 Å². The van der Waals surface area contributed by atoms with Crippen LogP contribution in [0.4, 0.5) is 0 Å². The van der Waals surface area contributed by atoms with Gasteiger partial charge in [-0.15, -0.1) is 0 Å². The summed E-state index contributed by atoms with van der Waals surface area (Å²) in [5.41, 5.74) is 7.97. The molecule has 0 atom stereocenters. The molecule has 0 aliphatic rings. The van der Waals surface area contributed by atoms with Crippen LogP contribution in [0, 0.1) is 0 Å². The first-order valence-electron chi connectivity index (χ1n) is 17.2. The molecular formula is C48H26O2. The Morgan fingerprint density at radius 2 is 0.800 bits per heavy atom. The summed E-state index contributed by atoms with van der Waals surface area (Å²) >= 11 is 0. The molecule has 2 aromatic heterocycles. The van der Waals surface area contributed by atoms with E-state index >= 15 is 0 Å². The first-order valence-corrected chi connectivity index (χ1v) is 17.2. The maximum Gasteiger partial charge on any atom is 0.144 e. The average molecular weight is 635 g/mol. The topological polar surface area (TPSA) is 26.3 Å². The first-order chi connectivity index (χ1) is 24.8. The molecule has 0 saturated heterocycles. The van der Waals surface area contributed by atoms with E-state index in [1.807, 2.05) is 0 Å². The van der Waals surface area contributed by atoms with Crippen LogP contribution in [0.2, 0.25) is 0 Å². The van der Waals surface area contributed by atoms with Crippen LogP contribution in [0.15, 0.2) is 167 Å². The monoisotopic (exact) mass is 634 g/mol. The predicted octanol–water partition coefficient (Wildman–Crippen LogP) is 14.0. The molecule has 50 heavy (non-hydrogen) atoms. The molecule has 0 aliphatic carbocycles. The van der Waals surface area contributed by atoms with E-state index in [1.54, 1.807) is 0 Å². The van der Waals surface area contributed by atoms with E-state index in [4.69, 9.17) is 8.83 Å². The molecule has 2 heterocycles. The van der Waals surface area contributed by atoms with Gasteiger partial charge in [0.2, 0.25) is 0 Å². The highest BCUT2D eigenvalue weighted by Gasteiger charge is 2.23. The Balaban J connectivity index is 1.22. The van der Waals surface area contributed by atoms with E-state index in [2.05, 4.69) is 158 Å². The summed E-state index contributed by atoms with van der Waals surface area (Å²) in [6.07, 6.45) is 0. The van der Waals surface area contributed by atoms with Crippen molar-refractivity contribution >= 4 is 97.7 Å². The fraction of sp³-hybridized carbons (Fsp3) is 0. The molecule has 0 fully saturated rings. The second-order valence-electron chi connectivity index (χ2n) is 13.5. The summed E-state index contributed by atoms with van der Waals surface area (Å²) in [6, 6.07) is 57.0.